The van der Waals surface area contributed by atoms with Gasteiger partial charge in [0.2, 0.25) is 0 Å². The number of anilines is 1. The second-order valence-corrected chi connectivity index (χ2v) is 6.73. The third kappa shape index (κ3) is 9.94. The maximum Gasteiger partial charge on any atom is 0.316 e. The van der Waals surface area contributed by atoms with E-state index in [1.54, 1.807) is 6.07 Å². The van der Waals surface area contributed by atoms with Crippen molar-refractivity contribution in [2.24, 2.45) is 0 Å². The summed E-state index contributed by atoms with van der Waals surface area (Å²) in [6, 6.07) is 7.29. The van der Waals surface area contributed by atoms with Gasteiger partial charge in [0.15, 0.2) is 0 Å². The van der Waals surface area contributed by atoms with Crippen molar-refractivity contribution in [2.45, 2.75) is 6.92 Å². The number of carbonyl (C=O) groups excluding carboxylic acids is 4. The van der Waals surface area contributed by atoms with Gasteiger partial charge >= 0.3 is 11.9 Å². The standard InChI is InChI=1S/C16H20N2O6S2/c1-11-4-3-5-12(8-11)18-16(22)26-10-14(20)24-7-6-23-13(19)9-25-15(21)17-2/h3-5,8H,6-7,9-10H2,1-2H3,(H,17,21)(H,18,22). The van der Waals surface area contributed by atoms with E-state index < -0.39 is 11.9 Å². The number of esters is 2. The summed E-state index contributed by atoms with van der Waals surface area (Å²) in [5, 5.41) is 4.31. The first-order chi connectivity index (χ1) is 12.4. The summed E-state index contributed by atoms with van der Waals surface area (Å²) in [4.78, 5) is 45.5. The molecule has 0 aliphatic heterocycles. The van der Waals surface area contributed by atoms with E-state index >= 15 is 0 Å². The Labute approximate surface area is 159 Å². The minimum Gasteiger partial charge on any atom is -0.461 e. The lowest BCUT2D eigenvalue weighted by molar-refractivity contribution is -0.148. The molecule has 0 bridgehead atoms. The maximum atomic E-state index is 11.7. The molecule has 0 atom stereocenters. The maximum absolute atomic E-state index is 11.7. The van der Waals surface area contributed by atoms with Gasteiger partial charge in [-0.1, -0.05) is 35.7 Å². The lowest BCUT2D eigenvalue weighted by Crippen LogP contribution is -2.19. The number of benzene rings is 1. The molecule has 0 aromatic heterocycles. The summed E-state index contributed by atoms with van der Waals surface area (Å²) in [5.74, 6) is -1.45. The van der Waals surface area contributed by atoms with E-state index in [1.807, 2.05) is 25.1 Å². The normalized spacial score (nSPS) is 9.92. The highest BCUT2D eigenvalue weighted by Gasteiger charge is 2.10. The summed E-state index contributed by atoms with van der Waals surface area (Å²) >= 11 is 1.56. The van der Waals surface area contributed by atoms with E-state index in [4.69, 9.17) is 9.47 Å². The molecular formula is C16H20N2O6S2. The Kier molecular flexibility index (Phi) is 10.3. The lowest BCUT2D eigenvalue weighted by atomic mass is 10.2. The molecule has 0 aliphatic rings. The fraction of sp³-hybridized carbons (Fsp3) is 0.375. The van der Waals surface area contributed by atoms with Crippen LogP contribution < -0.4 is 10.6 Å². The van der Waals surface area contributed by atoms with Gasteiger partial charge in [0.1, 0.15) is 24.7 Å². The van der Waals surface area contributed by atoms with Gasteiger partial charge < -0.3 is 20.1 Å². The van der Waals surface area contributed by atoms with E-state index in [2.05, 4.69) is 10.6 Å². The minimum absolute atomic E-state index is 0.112. The molecule has 2 N–H and O–H groups in total. The van der Waals surface area contributed by atoms with E-state index in [9.17, 15) is 19.2 Å². The number of nitrogens with one attached hydrogen (secondary N) is 2. The van der Waals surface area contributed by atoms with E-state index in [-0.39, 0.29) is 35.2 Å². The molecule has 0 heterocycles. The summed E-state index contributed by atoms with van der Waals surface area (Å²) in [5.41, 5.74) is 1.66. The van der Waals surface area contributed by atoms with Gasteiger partial charge in [-0.25, -0.2) is 0 Å². The Morgan fingerprint density at radius 1 is 0.962 bits per heavy atom. The van der Waals surface area contributed by atoms with Crippen LogP contribution in [0.25, 0.3) is 0 Å². The Bertz CT molecular complexity index is 653. The summed E-state index contributed by atoms with van der Waals surface area (Å²) in [6.45, 7) is 1.68. The fourth-order valence-corrected chi connectivity index (χ4v) is 2.59. The molecule has 0 aliphatic carbocycles. The molecule has 2 amide bonds. The highest BCUT2D eigenvalue weighted by atomic mass is 32.2. The van der Waals surface area contributed by atoms with Crippen LogP contribution in [0.4, 0.5) is 15.3 Å². The number of ether oxygens (including phenoxy) is 2. The van der Waals surface area contributed by atoms with Crippen LogP contribution in [0.15, 0.2) is 24.3 Å². The minimum atomic E-state index is -0.592. The fourth-order valence-electron chi connectivity index (χ4n) is 1.59. The van der Waals surface area contributed by atoms with Crippen LogP contribution in [0.5, 0.6) is 0 Å². The van der Waals surface area contributed by atoms with Crippen molar-refractivity contribution in [3.05, 3.63) is 29.8 Å². The van der Waals surface area contributed by atoms with Crippen molar-refractivity contribution >= 4 is 51.6 Å². The van der Waals surface area contributed by atoms with Gasteiger partial charge in [0.05, 0.1) is 0 Å². The van der Waals surface area contributed by atoms with Crippen molar-refractivity contribution in [3.63, 3.8) is 0 Å². The third-order valence-corrected chi connectivity index (χ3v) is 4.31. The van der Waals surface area contributed by atoms with Crippen LogP contribution >= 0.6 is 23.5 Å². The first kappa shape index (κ1) is 21.8. The number of hydrogen-bond acceptors (Lipinski definition) is 8. The monoisotopic (exact) mass is 400 g/mol. The molecule has 142 valence electrons. The zero-order valence-electron chi connectivity index (χ0n) is 14.4. The second kappa shape index (κ2) is 12.2. The zero-order chi connectivity index (χ0) is 19.4. The molecular weight excluding hydrogens is 380 g/mol. The van der Waals surface area contributed by atoms with Gasteiger partial charge in [-0.2, -0.15) is 0 Å². The Hall–Kier alpha value is -2.20. The van der Waals surface area contributed by atoms with Gasteiger partial charge in [0, 0.05) is 12.7 Å². The Morgan fingerprint density at radius 2 is 1.54 bits per heavy atom. The molecule has 0 unspecified atom stereocenters. The lowest BCUT2D eigenvalue weighted by Gasteiger charge is -2.07. The van der Waals surface area contributed by atoms with Crippen LogP contribution in [-0.4, -0.2) is 54.2 Å². The van der Waals surface area contributed by atoms with Crippen LogP contribution in [-0.2, 0) is 19.1 Å². The molecule has 26 heavy (non-hydrogen) atoms. The Balaban J connectivity index is 2.12. The molecule has 0 saturated carbocycles. The van der Waals surface area contributed by atoms with E-state index in [1.165, 1.54) is 7.05 Å². The molecule has 0 spiro atoms. The van der Waals surface area contributed by atoms with Gasteiger partial charge in [-0.15, -0.1) is 0 Å². The predicted molar refractivity (Wildman–Crippen MR) is 101 cm³/mol. The van der Waals surface area contributed by atoms with Crippen LogP contribution in [0.2, 0.25) is 0 Å². The smallest absolute Gasteiger partial charge is 0.316 e. The Morgan fingerprint density at radius 3 is 2.08 bits per heavy atom. The average Bonchev–Trinajstić information content (AvgIpc) is 2.61. The summed E-state index contributed by atoms with van der Waals surface area (Å²) in [6.07, 6.45) is 0. The highest BCUT2D eigenvalue weighted by Crippen LogP contribution is 2.13. The number of aryl methyl sites for hydroxylation is 1. The average molecular weight is 400 g/mol. The molecule has 0 saturated heterocycles. The first-order valence-electron chi connectivity index (χ1n) is 7.57. The SMILES string of the molecule is CNC(=O)SCC(=O)OCCOC(=O)CSC(=O)Nc1cccc(C)c1. The quantitative estimate of drug-likeness (QED) is 0.506. The molecule has 0 radical (unpaired) electrons. The van der Waals surface area contributed by atoms with Crippen LogP contribution in [0, 0.1) is 6.92 Å². The summed E-state index contributed by atoms with van der Waals surface area (Å²) < 4.78 is 9.66. The number of amides is 2. The van der Waals surface area contributed by atoms with Crippen LogP contribution in [0.3, 0.4) is 0 Å². The van der Waals surface area contributed by atoms with Gasteiger partial charge in [0.25, 0.3) is 10.5 Å². The number of carbonyl (C=O) groups is 4. The van der Waals surface area contributed by atoms with Crippen molar-refractivity contribution in [2.75, 3.05) is 37.1 Å². The molecule has 8 nitrogen and oxygen atoms in total. The third-order valence-electron chi connectivity index (χ3n) is 2.72. The largest absolute Gasteiger partial charge is 0.461 e. The van der Waals surface area contributed by atoms with E-state index in [0.29, 0.717) is 5.69 Å². The predicted octanol–water partition coefficient (Wildman–Crippen LogP) is 2.42. The number of rotatable bonds is 8. The molecule has 1 aromatic carbocycles. The second-order valence-electron chi connectivity index (χ2n) is 4.84. The molecule has 1 aromatic rings. The van der Waals surface area contributed by atoms with Gasteiger partial charge in [-0.3, -0.25) is 19.2 Å². The zero-order valence-corrected chi connectivity index (χ0v) is 16.0. The molecule has 10 heteroatoms. The first-order valence-corrected chi connectivity index (χ1v) is 9.54. The van der Waals surface area contributed by atoms with Crippen molar-refractivity contribution < 1.29 is 28.7 Å². The van der Waals surface area contributed by atoms with E-state index in [0.717, 1.165) is 29.1 Å². The number of thioether (sulfide) groups is 2. The van der Waals surface area contributed by atoms with Crippen molar-refractivity contribution in [1.82, 2.24) is 5.32 Å². The number of hydrogen-bond donors (Lipinski definition) is 2. The topological polar surface area (TPSA) is 111 Å². The molecule has 1 rings (SSSR count). The highest BCUT2D eigenvalue weighted by molar-refractivity contribution is 8.14. The van der Waals surface area contributed by atoms with Crippen molar-refractivity contribution in [1.29, 1.82) is 0 Å². The van der Waals surface area contributed by atoms with Gasteiger partial charge in [-0.05, 0) is 24.6 Å². The molecule has 0 fully saturated rings. The summed E-state index contributed by atoms with van der Waals surface area (Å²) in [7, 11) is 1.46. The van der Waals surface area contributed by atoms with Crippen LogP contribution in [0.1, 0.15) is 5.56 Å². The van der Waals surface area contributed by atoms with Crippen molar-refractivity contribution in [3.8, 4) is 0 Å².